The lowest BCUT2D eigenvalue weighted by Gasteiger charge is -2.22. The number of carbonyl (C=O) groups is 1. The van der Waals surface area contributed by atoms with Gasteiger partial charge in [0, 0.05) is 10.8 Å². The number of aliphatic hydroxyl groups excluding tert-OH is 1. The lowest BCUT2D eigenvalue weighted by Crippen LogP contribution is -2.23. The van der Waals surface area contributed by atoms with Crippen LogP contribution in [-0.4, -0.2) is 10.9 Å². The zero-order valence-electron chi connectivity index (χ0n) is 9.61. The van der Waals surface area contributed by atoms with Crippen molar-refractivity contribution < 1.29 is 9.90 Å². The lowest BCUT2D eigenvalue weighted by molar-refractivity contribution is -0.132. The van der Waals surface area contributed by atoms with Gasteiger partial charge in [0.1, 0.15) is 6.10 Å². The smallest absolute Gasteiger partial charge is 0.169 e. The van der Waals surface area contributed by atoms with Crippen molar-refractivity contribution >= 4 is 17.1 Å². The highest BCUT2D eigenvalue weighted by Gasteiger charge is 2.29. The fraction of sp³-hybridized carbons (Fsp3) is 0.615. The third-order valence-corrected chi connectivity index (χ3v) is 4.50. The van der Waals surface area contributed by atoms with E-state index in [1.165, 1.54) is 17.8 Å². The molecule has 0 amide bonds. The topological polar surface area (TPSA) is 37.3 Å². The van der Waals surface area contributed by atoms with Gasteiger partial charge in [-0.2, -0.15) is 0 Å². The van der Waals surface area contributed by atoms with Crippen LogP contribution in [0.2, 0.25) is 0 Å². The van der Waals surface area contributed by atoms with Gasteiger partial charge in [-0.15, -0.1) is 11.3 Å². The van der Waals surface area contributed by atoms with Gasteiger partial charge < -0.3 is 5.11 Å². The Labute approximate surface area is 100 Å². The summed E-state index contributed by atoms with van der Waals surface area (Å²) < 4.78 is 0. The molecule has 88 valence electrons. The highest BCUT2D eigenvalue weighted by molar-refractivity contribution is 7.10. The Balaban J connectivity index is 2.06. The molecule has 1 aromatic rings. The summed E-state index contributed by atoms with van der Waals surface area (Å²) in [5.41, 5.74) is 1.03. The Morgan fingerprint density at radius 2 is 2.12 bits per heavy atom. The van der Waals surface area contributed by atoms with Crippen molar-refractivity contribution in [2.24, 2.45) is 5.92 Å². The Morgan fingerprint density at radius 1 is 1.44 bits per heavy atom. The molecule has 1 atom stereocenters. The van der Waals surface area contributed by atoms with Gasteiger partial charge >= 0.3 is 0 Å². The molecule has 1 N–H and O–H groups in total. The molecule has 0 radical (unpaired) electrons. The van der Waals surface area contributed by atoms with Crippen molar-refractivity contribution in [3.05, 3.63) is 21.9 Å². The third kappa shape index (κ3) is 2.36. The first kappa shape index (κ1) is 11.8. The summed E-state index contributed by atoms with van der Waals surface area (Å²) in [4.78, 5) is 12.9. The molecule has 1 aromatic heterocycles. The summed E-state index contributed by atoms with van der Waals surface area (Å²) in [6, 6.07) is 1.96. The zero-order valence-corrected chi connectivity index (χ0v) is 10.4. The van der Waals surface area contributed by atoms with Crippen LogP contribution < -0.4 is 0 Å². The predicted molar refractivity (Wildman–Crippen MR) is 65.6 cm³/mol. The van der Waals surface area contributed by atoms with Gasteiger partial charge in [0.15, 0.2) is 5.78 Å². The Morgan fingerprint density at radius 3 is 2.69 bits per heavy atom. The number of hydrogen-bond acceptors (Lipinski definition) is 3. The second-order valence-corrected chi connectivity index (χ2v) is 5.56. The number of aliphatic hydroxyl groups is 1. The number of thiophene rings is 1. The van der Waals surface area contributed by atoms with Crippen molar-refractivity contribution in [1.82, 2.24) is 0 Å². The molecule has 0 saturated heterocycles. The average molecular weight is 238 g/mol. The second kappa shape index (κ2) is 5.11. The Hall–Kier alpha value is -0.670. The van der Waals surface area contributed by atoms with Crippen LogP contribution in [0.15, 0.2) is 11.4 Å². The van der Waals surface area contributed by atoms with Crippen molar-refractivity contribution in [3.8, 4) is 0 Å². The fourth-order valence-electron chi connectivity index (χ4n) is 2.40. The molecular weight excluding hydrogens is 220 g/mol. The standard InChI is InChI=1S/C13H18O2S/c1-9-7-8-16-13(9)12(15)11(14)10-5-3-2-4-6-10/h7-8,10,12,15H,2-6H2,1H3. The van der Waals surface area contributed by atoms with Gasteiger partial charge in [-0.25, -0.2) is 0 Å². The molecule has 1 fully saturated rings. The van der Waals surface area contributed by atoms with Crippen LogP contribution in [-0.2, 0) is 4.79 Å². The SMILES string of the molecule is Cc1ccsc1C(O)C(=O)C1CCCCC1. The second-order valence-electron chi connectivity index (χ2n) is 4.61. The van der Waals surface area contributed by atoms with Crippen molar-refractivity contribution in [1.29, 1.82) is 0 Å². The summed E-state index contributed by atoms with van der Waals surface area (Å²) in [5.74, 6) is 0.121. The Bertz CT molecular complexity index is 364. The highest BCUT2D eigenvalue weighted by atomic mass is 32.1. The monoisotopic (exact) mass is 238 g/mol. The van der Waals surface area contributed by atoms with Crippen molar-refractivity contribution in [2.45, 2.75) is 45.1 Å². The summed E-state index contributed by atoms with van der Waals surface area (Å²) in [6.07, 6.45) is 4.53. The van der Waals surface area contributed by atoms with E-state index in [1.807, 2.05) is 18.4 Å². The molecule has 1 aliphatic rings. The molecule has 1 saturated carbocycles. The summed E-state index contributed by atoms with van der Waals surface area (Å²) in [6.45, 7) is 1.95. The van der Waals surface area contributed by atoms with Crippen molar-refractivity contribution in [3.63, 3.8) is 0 Å². The van der Waals surface area contributed by atoms with E-state index >= 15 is 0 Å². The molecule has 3 heteroatoms. The molecular formula is C13H18O2S. The molecule has 0 spiro atoms. The first-order valence-electron chi connectivity index (χ1n) is 5.96. The summed E-state index contributed by atoms with van der Waals surface area (Å²) in [7, 11) is 0. The minimum Gasteiger partial charge on any atom is -0.380 e. The Kier molecular flexibility index (Phi) is 3.77. The largest absolute Gasteiger partial charge is 0.380 e. The van der Waals surface area contributed by atoms with Gasteiger partial charge in [-0.05, 0) is 36.8 Å². The third-order valence-electron chi connectivity index (χ3n) is 3.43. The van der Waals surface area contributed by atoms with E-state index in [4.69, 9.17) is 0 Å². The van der Waals surface area contributed by atoms with Crippen LogP contribution in [0.4, 0.5) is 0 Å². The van der Waals surface area contributed by atoms with E-state index in [0.717, 1.165) is 36.1 Å². The van der Waals surface area contributed by atoms with Crippen LogP contribution in [0.3, 0.4) is 0 Å². The fourth-order valence-corrected chi connectivity index (χ4v) is 3.32. The first-order chi connectivity index (χ1) is 7.70. The minimum atomic E-state index is -0.886. The molecule has 16 heavy (non-hydrogen) atoms. The molecule has 2 rings (SSSR count). The summed E-state index contributed by atoms with van der Waals surface area (Å²) >= 11 is 1.48. The number of carbonyl (C=O) groups excluding carboxylic acids is 1. The van der Waals surface area contributed by atoms with Crippen LogP contribution in [0.5, 0.6) is 0 Å². The summed E-state index contributed by atoms with van der Waals surface area (Å²) in [5, 5.41) is 12.0. The van der Waals surface area contributed by atoms with Gasteiger partial charge in [-0.3, -0.25) is 4.79 Å². The van der Waals surface area contributed by atoms with Gasteiger partial charge in [0.25, 0.3) is 0 Å². The molecule has 0 aliphatic heterocycles. The number of aryl methyl sites for hydroxylation is 1. The number of hydrogen-bond donors (Lipinski definition) is 1. The highest BCUT2D eigenvalue weighted by Crippen LogP contribution is 2.32. The molecule has 1 unspecified atom stereocenters. The van der Waals surface area contributed by atoms with Crippen LogP contribution in [0.1, 0.15) is 48.6 Å². The van der Waals surface area contributed by atoms with E-state index in [0.29, 0.717) is 0 Å². The molecule has 0 aromatic carbocycles. The maximum absolute atomic E-state index is 12.1. The number of Topliss-reactive ketones (excluding diaryl/α,β-unsaturated/α-hetero) is 1. The van der Waals surface area contributed by atoms with E-state index in [9.17, 15) is 9.90 Å². The van der Waals surface area contributed by atoms with E-state index in [-0.39, 0.29) is 11.7 Å². The quantitative estimate of drug-likeness (QED) is 0.877. The predicted octanol–water partition coefficient (Wildman–Crippen LogP) is 3.24. The van der Waals surface area contributed by atoms with Gasteiger partial charge in [0.2, 0.25) is 0 Å². The van der Waals surface area contributed by atoms with Crippen LogP contribution in [0, 0.1) is 12.8 Å². The van der Waals surface area contributed by atoms with E-state index in [2.05, 4.69) is 0 Å². The van der Waals surface area contributed by atoms with Crippen LogP contribution >= 0.6 is 11.3 Å². The normalized spacial score (nSPS) is 19.6. The average Bonchev–Trinajstić information content (AvgIpc) is 2.75. The number of rotatable bonds is 3. The number of ketones is 1. The molecule has 1 aliphatic carbocycles. The lowest BCUT2D eigenvalue weighted by atomic mass is 9.84. The van der Waals surface area contributed by atoms with Crippen molar-refractivity contribution in [2.75, 3.05) is 0 Å². The van der Waals surface area contributed by atoms with E-state index < -0.39 is 6.10 Å². The van der Waals surface area contributed by atoms with Gasteiger partial charge in [0.05, 0.1) is 0 Å². The maximum atomic E-state index is 12.1. The molecule has 1 heterocycles. The first-order valence-corrected chi connectivity index (χ1v) is 6.84. The van der Waals surface area contributed by atoms with E-state index in [1.54, 1.807) is 0 Å². The maximum Gasteiger partial charge on any atom is 0.169 e. The van der Waals surface area contributed by atoms with Crippen LogP contribution in [0.25, 0.3) is 0 Å². The minimum absolute atomic E-state index is 0.0326. The molecule has 2 nitrogen and oxygen atoms in total. The zero-order chi connectivity index (χ0) is 11.5. The van der Waals surface area contributed by atoms with Gasteiger partial charge in [-0.1, -0.05) is 19.3 Å². The molecule has 0 bridgehead atoms.